The van der Waals surface area contributed by atoms with Crippen LogP contribution >= 0.6 is 22.9 Å². The molecule has 1 atom stereocenters. The third-order valence-electron chi connectivity index (χ3n) is 1.58. The molecule has 0 radical (unpaired) electrons. The van der Waals surface area contributed by atoms with E-state index in [-0.39, 0.29) is 5.38 Å². The van der Waals surface area contributed by atoms with Crippen molar-refractivity contribution in [1.82, 2.24) is 4.98 Å². The summed E-state index contributed by atoms with van der Waals surface area (Å²) in [6.07, 6.45) is -1.83. The number of nitrogens with zero attached hydrogens (tertiary/aromatic N) is 1. The minimum atomic E-state index is -4.32. The van der Waals surface area contributed by atoms with Crippen LogP contribution in [0.4, 0.5) is 13.2 Å². The Bertz CT molecular complexity index is 295. The van der Waals surface area contributed by atoms with Gasteiger partial charge in [0.2, 0.25) is 0 Å². The molecular weight excluding hydrogens is 235 g/mol. The van der Waals surface area contributed by atoms with Gasteiger partial charge in [-0.05, 0) is 19.8 Å². The molecule has 0 fully saturated rings. The third-order valence-corrected chi connectivity index (χ3v) is 2.90. The molecule has 6 heteroatoms. The van der Waals surface area contributed by atoms with Gasteiger partial charge in [0.05, 0.1) is 0 Å². The third kappa shape index (κ3) is 3.46. The van der Waals surface area contributed by atoms with Crippen molar-refractivity contribution in [3.05, 3.63) is 16.1 Å². The van der Waals surface area contributed by atoms with E-state index in [1.807, 2.05) is 6.92 Å². The molecule has 0 saturated carbocycles. The van der Waals surface area contributed by atoms with Crippen LogP contribution in [0.1, 0.15) is 23.2 Å². The molecule has 0 aliphatic rings. The summed E-state index contributed by atoms with van der Waals surface area (Å²) in [5, 5.41) is -0.804. The number of halogens is 4. The van der Waals surface area contributed by atoms with Crippen LogP contribution in [0.5, 0.6) is 0 Å². The Morgan fingerprint density at radius 3 is 2.64 bits per heavy atom. The SMILES string of the molecule is CC(Cl)CCc1cnc(C(F)(F)F)s1. The van der Waals surface area contributed by atoms with E-state index < -0.39 is 11.2 Å². The molecule has 80 valence electrons. The quantitative estimate of drug-likeness (QED) is 0.738. The monoisotopic (exact) mass is 243 g/mol. The predicted octanol–water partition coefficient (Wildman–Crippen LogP) is 3.72. The number of hydrogen-bond acceptors (Lipinski definition) is 2. The molecule has 0 amide bonds. The molecular formula is C8H9ClF3NS. The minimum absolute atomic E-state index is 0.0218. The molecule has 0 aliphatic carbocycles. The molecule has 1 rings (SSSR count). The van der Waals surface area contributed by atoms with E-state index in [4.69, 9.17) is 11.6 Å². The number of thiazole rings is 1. The van der Waals surface area contributed by atoms with Crippen LogP contribution < -0.4 is 0 Å². The Morgan fingerprint density at radius 2 is 2.21 bits per heavy atom. The number of hydrogen-bond donors (Lipinski definition) is 0. The van der Waals surface area contributed by atoms with Crippen LogP contribution in [0.25, 0.3) is 0 Å². The maximum atomic E-state index is 12.1. The van der Waals surface area contributed by atoms with E-state index in [1.165, 1.54) is 6.20 Å². The van der Waals surface area contributed by atoms with Crippen molar-refractivity contribution in [3.8, 4) is 0 Å². The van der Waals surface area contributed by atoms with Gasteiger partial charge in [-0.3, -0.25) is 0 Å². The molecule has 0 bridgehead atoms. The van der Waals surface area contributed by atoms with Crippen molar-refractivity contribution in [2.45, 2.75) is 31.3 Å². The molecule has 0 aliphatic heterocycles. The first-order valence-corrected chi connectivity index (χ1v) is 5.31. The summed E-state index contributed by atoms with van der Waals surface area (Å²) in [6.45, 7) is 1.81. The lowest BCUT2D eigenvalue weighted by Gasteiger charge is -2.00. The van der Waals surface area contributed by atoms with Crippen molar-refractivity contribution in [3.63, 3.8) is 0 Å². The highest BCUT2D eigenvalue weighted by atomic mass is 35.5. The van der Waals surface area contributed by atoms with E-state index in [0.717, 1.165) is 0 Å². The lowest BCUT2D eigenvalue weighted by atomic mass is 10.2. The van der Waals surface area contributed by atoms with Crippen molar-refractivity contribution in [1.29, 1.82) is 0 Å². The van der Waals surface area contributed by atoms with Crippen LogP contribution in [0, 0.1) is 0 Å². The summed E-state index contributed by atoms with van der Waals surface area (Å²) in [5.74, 6) is 0. The topological polar surface area (TPSA) is 12.9 Å². The fraction of sp³-hybridized carbons (Fsp3) is 0.625. The Labute approximate surface area is 88.9 Å². The summed E-state index contributed by atoms with van der Waals surface area (Å²) >= 11 is 6.37. The molecule has 1 heterocycles. The van der Waals surface area contributed by atoms with E-state index in [9.17, 15) is 13.2 Å². The molecule has 1 nitrogen and oxygen atoms in total. The van der Waals surface area contributed by atoms with Gasteiger partial charge < -0.3 is 0 Å². The predicted molar refractivity (Wildman–Crippen MR) is 50.8 cm³/mol. The highest BCUT2D eigenvalue weighted by Crippen LogP contribution is 2.32. The lowest BCUT2D eigenvalue weighted by Crippen LogP contribution is -2.02. The summed E-state index contributed by atoms with van der Waals surface area (Å²) in [7, 11) is 0. The molecule has 1 aromatic heterocycles. The number of aromatic nitrogens is 1. The van der Waals surface area contributed by atoms with E-state index in [2.05, 4.69) is 4.98 Å². The number of rotatable bonds is 3. The van der Waals surface area contributed by atoms with Gasteiger partial charge in [-0.1, -0.05) is 0 Å². The van der Waals surface area contributed by atoms with Gasteiger partial charge in [0.1, 0.15) is 0 Å². The van der Waals surface area contributed by atoms with Crippen LogP contribution in [-0.4, -0.2) is 10.4 Å². The minimum Gasteiger partial charge on any atom is -0.240 e. The normalized spacial score (nSPS) is 14.4. The van der Waals surface area contributed by atoms with Gasteiger partial charge >= 0.3 is 6.18 Å². The second kappa shape index (κ2) is 4.49. The first-order chi connectivity index (χ1) is 6.39. The van der Waals surface area contributed by atoms with Crippen LogP contribution in [0.15, 0.2) is 6.20 Å². The number of alkyl halides is 4. The zero-order valence-corrected chi connectivity index (χ0v) is 9.01. The van der Waals surface area contributed by atoms with Crippen molar-refractivity contribution in [2.24, 2.45) is 0 Å². The van der Waals surface area contributed by atoms with E-state index >= 15 is 0 Å². The first kappa shape index (κ1) is 11.8. The van der Waals surface area contributed by atoms with Crippen molar-refractivity contribution in [2.75, 3.05) is 0 Å². The zero-order chi connectivity index (χ0) is 10.8. The highest BCUT2D eigenvalue weighted by molar-refractivity contribution is 7.11. The van der Waals surface area contributed by atoms with Crippen LogP contribution in [0.3, 0.4) is 0 Å². The molecule has 0 aromatic carbocycles. The lowest BCUT2D eigenvalue weighted by molar-refractivity contribution is -0.137. The highest BCUT2D eigenvalue weighted by Gasteiger charge is 2.34. The average Bonchev–Trinajstić information content (AvgIpc) is 2.47. The molecule has 1 unspecified atom stereocenters. The summed E-state index contributed by atoms with van der Waals surface area (Å²) < 4.78 is 36.4. The molecule has 1 aromatic rings. The Kier molecular flexibility index (Phi) is 3.78. The van der Waals surface area contributed by atoms with Gasteiger partial charge in [0.25, 0.3) is 0 Å². The van der Waals surface area contributed by atoms with Gasteiger partial charge in [0, 0.05) is 16.5 Å². The van der Waals surface area contributed by atoms with E-state index in [0.29, 0.717) is 29.1 Å². The summed E-state index contributed by atoms with van der Waals surface area (Å²) in [6, 6.07) is 0. The second-order valence-electron chi connectivity index (χ2n) is 2.95. The van der Waals surface area contributed by atoms with Crippen LogP contribution in [0.2, 0.25) is 0 Å². The smallest absolute Gasteiger partial charge is 0.240 e. The van der Waals surface area contributed by atoms with E-state index in [1.54, 1.807) is 0 Å². The molecule has 0 saturated heterocycles. The first-order valence-electron chi connectivity index (χ1n) is 4.05. The maximum Gasteiger partial charge on any atom is 0.443 e. The van der Waals surface area contributed by atoms with Gasteiger partial charge in [-0.2, -0.15) is 13.2 Å². The molecule has 14 heavy (non-hydrogen) atoms. The maximum absolute atomic E-state index is 12.1. The fourth-order valence-corrected chi connectivity index (χ4v) is 1.80. The number of aryl methyl sites for hydroxylation is 1. The zero-order valence-electron chi connectivity index (χ0n) is 7.44. The standard InChI is InChI=1S/C8H9ClF3NS/c1-5(9)2-3-6-4-13-7(14-6)8(10,11)12/h4-5H,2-3H2,1H3. The summed E-state index contributed by atoms with van der Waals surface area (Å²) in [5.41, 5.74) is 0. The molecule has 0 spiro atoms. The van der Waals surface area contributed by atoms with Gasteiger partial charge in [-0.15, -0.1) is 22.9 Å². The Balaban J connectivity index is 2.60. The fourth-order valence-electron chi connectivity index (χ4n) is 0.895. The largest absolute Gasteiger partial charge is 0.443 e. The Hall–Kier alpha value is -0.290. The van der Waals surface area contributed by atoms with Crippen molar-refractivity contribution >= 4 is 22.9 Å². The van der Waals surface area contributed by atoms with Gasteiger partial charge in [-0.25, -0.2) is 4.98 Å². The molecule has 0 N–H and O–H groups in total. The average molecular weight is 244 g/mol. The van der Waals surface area contributed by atoms with Gasteiger partial charge in [0.15, 0.2) is 5.01 Å². The van der Waals surface area contributed by atoms with Crippen LogP contribution in [-0.2, 0) is 12.6 Å². The van der Waals surface area contributed by atoms with Crippen molar-refractivity contribution < 1.29 is 13.2 Å². The summed E-state index contributed by atoms with van der Waals surface area (Å²) in [4.78, 5) is 3.95. The second-order valence-corrected chi connectivity index (χ2v) is 4.81. The Morgan fingerprint density at radius 1 is 1.57 bits per heavy atom.